The Labute approximate surface area is 240 Å². The molecule has 1 heterocycles. The SMILES string of the molecule is C[Si]1(C)[Si](C)(C)[Si](C)(C)[Si](C)(C)[Si](C)(C)[Si](C)(C)[Si](C)(C)[Si](C)(C)[Si](C)(C)[Si](C)(C)[Si](C)(C)[Si]1(C)C. The lowest BCUT2D eigenvalue weighted by Crippen LogP contribution is -3.00. The fourth-order valence-corrected chi connectivity index (χ4v) is 496. The van der Waals surface area contributed by atoms with Crippen LogP contribution >= 0.6 is 0 Å². The maximum atomic E-state index is 3.03. The molecule has 216 valence electrons. The average molecular weight is 698 g/mol. The van der Waals surface area contributed by atoms with Crippen molar-refractivity contribution in [2.24, 2.45) is 0 Å². The summed E-state index contributed by atoms with van der Waals surface area (Å²) in [6, 6.07) is 0. The Bertz CT molecular complexity index is 567. The summed E-state index contributed by atoms with van der Waals surface area (Å²) < 4.78 is 0. The highest BCUT2D eigenvalue weighted by atomic mass is 30.2. The van der Waals surface area contributed by atoms with Crippen LogP contribution in [-0.4, -0.2) is 85.3 Å². The monoisotopic (exact) mass is 696 g/mol. The Morgan fingerprint density at radius 1 is 0.111 bits per heavy atom. The molecule has 1 fully saturated rings. The lowest BCUT2D eigenvalue weighted by molar-refractivity contribution is 1.71. The van der Waals surface area contributed by atoms with E-state index in [1.54, 1.807) is 0 Å². The molecule has 1 aliphatic heterocycles. The van der Waals surface area contributed by atoms with Crippen LogP contribution in [0.25, 0.3) is 0 Å². The quantitative estimate of drug-likeness (QED) is 0.221. The van der Waals surface area contributed by atoms with Crippen LogP contribution in [-0.2, 0) is 0 Å². The molecule has 0 atom stereocenters. The van der Waals surface area contributed by atoms with Gasteiger partial charge >= 0.3 is 0 Å². The molecule has 36 heavy (non-hydrogen) atoms. The Morgan fingerprint density at radius 3 is 0.167 bits per heavy atom. The van der Waals surface area contributed by atoms with Gasteiger partial charge in [-0.2, -0.15) is 0 Å². The molecule has 1 saturated heterocycles. The standard InChI is InChI=1S/C24H72Si12/c1-25(2)26(3,4)28(7,8)30(11,12)32(15,16)34(19,20)36(23,24)35(21,22)33(17,18)31(13,14)29(9,10)27(25,5)6/h1-24H3. The van der Waals surface area contributed by atoms with Crippen LogP contribution < -0.4 is 0 Å². The van der Waals surface area contributed by atoms with Crippen molar-refractivity contribution >= 4 is 85.3 Å². The first-order chi connectivity index (χ1) is 15.0. The van der Waals surface area contributed by atoms with Gasteiger partial charge in [0.25, 0.3) is 0 Å². The van der Waals surface area contributed by atoms with Gasteiger partial charge in [-0.25, -0.2) is 0 Å². The van der Waals surface area contributed by atoms with Crippen LogP contribution in [0.4, 0.5) is 0 Å². The normalized spacial score (nSPS) is 34.0. The second-order valence-electron chi connectivity index (χ2n) is 19.5. The van der Waals surface area contributed by atoms with Crippen molar-refractivity contribution < 1.29 is 0 Å². The van der Waals surface area contributed by atoms with Crippen molar-refractivity contribution in [3.8, 4) is 0 Å². The van der Waals surface area contributed by atoms with Crippen molar-refractivity contribution in [3.05, 3.63) is 0 Å². The Hall–Kier alpha value is 2.60. The Balaban J connectivity index is 4.55. The minimum Gasteiger partial charge on any atom is -0.0735 e. The van der Waals surface area contributed by atoms with E-state index in [4.69, 9.17) is 0 Å². The van der Waals surface area contributed by atoms with Crippen LogP contribution in [0.5, 0.6) is 0 Å². The molecule has 0 N–H and O–H groups in total. The molecule has 0 aromatic rings. The van der Waals surface area contributed by atoms with E-state index in [0.29, 0.717) is 0 Å². The number of rotatable bonds is 0. The van der Waals surface area contributed by atoms with Crippen molar-refractivity contribution in [1.29, 1.82) is 0 Å². The first kappa shape index (κ1) is 36.6. The van der Waals surface area contributed by atoms with Crippen molar-refractivity contribution in [3.63, 3.8) is 0 Å². The topological polar surface area (TPSA) is 0 Å². The van der Waals surface area contributed by atoms with Gasteiger partial charge in [-0.3, -0.25) is 0 Å². The van der Waals surface area contributed by atoms with Gasteiger partial charge in [0.15, 0.2) is 0 Å². The van der Waals surface area contributed by atoms with Crippen molar-refractivity contribution in [1.82, 2.24) is 0 Å². The first-order valence-corrected chi connectivity index (χ1v) is 63.0. The van der Waals surface area contributed by atoms with Gasteiger partial charge in [-0.15, -0.1) is 0 Å². The van der Waals surface area contributed by atoms with Crippen LogP contribution in [0.15, 0.2) is 0 Å². The molecule has 0 saturated carbocycles. The highest BCUT2D eigenvalue weighted by Gasteiger charge is 2.77. The third-order valence-electron chi connectivity index (χ3n) is 18.8. The van der Waals surface area contributed by atoms with E-state index in [2.05, 4.69) is 157 Å². The summed E-state index contributed by atoms with van der Waals surface area (Å²) in [5, 5.41) is 0. The summed E-state index contributed by atoms with van der Waals surface area (Å²) in [7, 11) is -16.4. The third-order valence-corrected chi connectivity index (χ3v) is 331. The lowest BCUT2D eigenvalue weighted by atomic mass is 11.9. The van der Waals surface area contributed by atoms with Gasteiger partial charge in [-0.1, -0.05) is 157 Å². The summed E-state index contributed by atoms with van der Waals surface area (Å²) in [4.78, 5) is 0. The fraction of sp³-hybridized carbons (Fsp3) is 1.00. The number of hydrogen-bond donors (Lipinski definition) is 0. The first-order valence-electron chi connectivity index (χ1n) is 15.0. The maximum Gasteiger partial charge on any atom is 0.0307 e. The van der Waals surface area contributed by atoms with Crippen LogP contribution in [0, 0.1) is 0 Å². The molecular formula is C24H72Si12. The molecule has 0 nitrogen and oxygen atoms in total. The molecule has 0 unspecified atom stereocenters. The molecular weight excluding hydrogens is 625 g/mol. The van der Waals surface area contributed by atoms with Crippen LogP contribution in [0.1, 0.15) is 0 Å². The van der Waals surface area contributed by atoms with Crippen LogP contribution in [0.2, 0.25) is 157 Å². The van der Waals surface area contributed by atoms with Crippen LogP contribution in [0.3, 0.4) is 0 Å². The summed E-state index contributed by atoms with van der Waals surface area (Å²) >= 11 is 0. The van der Waals surface area contributed by atoms with E-state index in [9.17, 15) is 0 Å². The second kappa shape index (κ2) is 9.05. The summed E-state index contributed by atoms with van der Waals surface area (Å²) in [6.07, 6.45) is 0. The maximum absolute atomic E-state index is 3.03. The van der Waals surface area contributed by atoms with E-state index in [1.807, 2.05) is 0 Å². The molecule has 0 radical (unpaired) electrons. The molecule has 0 aromatic carbocycles. The highest BCUT2D eigenvalue weighted by molar-refractivity contribution is 8.14. The summed E-state index contributed by atoms with van der Waals surface area (Å²) in [5.41, 5.74) is 0. The van der Waals surface area contributed by atoms with E-state index in [1.165, 1.54) is 0 Å². The molecule has 12 heteroatoms. The van der Waals surface area contributed by atoms with Gasteiger partial charge in [0.2, 0.25) is 0 Å². The zero-order valence-electron chi connectivity index (χ0n) is 30.0. The predicted octanol–water partition coefficient (Wildman–Crippen LogP) is 9.44. The minimum absolute atomic E-state index is 1.37. The molecule has 0 amide bonds. The predicted molar refractivity (Wildman–Crippen MR) is 210 cm³/mol. The summed E-state index contributed by atoms with van der Waals surface area (Å²) in [5.74, 6) is 0. The Morgan fingerprint density at radius 2 is 0.139 bits per heavy atom. The van der Waals surface area contributed by atoms with E-state index >= 15 is 0 Å². The Kier molecular flexibility index (Phi) is 9.21. The minimum atomic E-state index is -1.37. The van der Waals surface area contributed by atoms with Gasteiger partial charge in [0, 0.05) is 85.3 Å². The van der Waals surface area contributed by atoms with E-state index < -0.39 is 85.3 Å². The molecule has 1 aliphatic rings. The zero-order valence-corrected chi connectivity index (χ0v) is 42.0. The molecule has 0 aliphatic carbocycles. The van der Waals surface area contributed by atoms with Crippen molar-refractivity contribution in [2.75, 3.05) is 0 Å². The smallest absolute Gasteiger partial charge is 0.0307 e. The van der Waals surface area contributed by atoms with Crippen molar-refractivity contribution in [2.45, 2.75) is 157 Å². The molecule has 0 bridgehead atoms. The lowest BCUT2D eigenvalue weighted by Gasteiger charge is -2.72. The molecule has 0 spiro atoms. The largest absolute Gasteiger partial charge is 0.0735 e. The van der Waals surface area contributed by atoms with Gasteiger partial charge in [0.05, 0.1) is 0 Å². The second-order valence-corrected chi connectivity index (χ2v) is 166. The average Bonchev–Trinajstić information content (AvgIpc) is 2.65. The zero-order chi connectivity index (χ0) is 30.0. The number of hydrogen-bond acceptors (Lipinski definition) is 0. The molecule has 1 rings (SSSR count). The van der Waals surface area contributed by atoms with Gasteiger partial charge in [-0.05, 0) is 0 Å². The van der Waals surface area contributed by atoms with Gasteiger partial charge < -0.3 is 0 Å². The van der Waals surface area contributed by atoms with E-state index in [-0.39, 0.29) is 0 Å². The van der Waals surface area contributed by atoms with Gasteiger partial charge in [0.1, 0.15) is 0 Å². The fourth-order valence-electron chi connectivity index (χ4n) is 9.38. The highest BCUT2D eigenvalue weighted by Crippen LogP contribution is 2.52. The molecule has 0 aromatic heterocycles. The summed E-state index contributed by atoms with van der Waals surface area (Å²) in [6.45, 7) is 72.7. The third kappa shape index (κ3) is 3.79. The van der Waals surface area contributed by atoms with E-state index in [0.717, 1.165) is 0 Å².